The molecule has 0 saturated carbocycles. The molecule has 0 radical (unpaired) electrons. The van der Waals surface area contributed by atoms with Crippen molar-refractivity contribution in [2.75, 3.05) is 11.4 Å². The zero-order chi connectivity index (χ0) is 21.5. The number of benzene rings is 2. The number of hydrogen-bond donors (Lipinski definition) is 0. The maximum absolute atomic E-state index is 13.4. The molecule has 0 N–H and O–H groups in total. The molecule has 1 aromatic heterocycles. The number of halogens is 5. The number of carbonyl (C=O) groups is 1. The average molecular weight is 442 g/mol. The van der Waals surface area contributed by atoms with Crippen molar-refractivity contribution in [1.29, 1.82) is 0 Å². The largest absolute Gasteiger partial charge is 0.573 e. The predicted molar refractivity (Wildman–Crippen MR) is 97.5 cm³/mol. The van der Waals surface area contributed by atoms with Crippen molar-refractivity contribution < 1.29 is 31.6 Å². The summed E-state index contributed by atoms with van der Waals surface area (Å²) in [7, 11) is 0. The second-order valence-corrected chi connectivity index (χ2v) is 6.94. The minimum absolute atomic E-state index is 0.00616. The van der Waals surface area contributed by atoms with E-state index >= 15 is 0 Å². The molecular weight excluding hydrogens is 430 g/mol. The fraction of sp³-hybridized carbons (Fsp3) is 0.211. The third-order valence-corrected chi connectivity index (χ3v) is 4.75. The zero-order valence-electron chi connectivity index (χ0n) is 15.0. The minimum atomic E-state index is -4.82. The SMILES string of the molecule is O=C1C[C@H](c2noc(-c3cccc(OC(F)(F)F)c3)n2)CN1c1ccc(F)c(Cl)c1. The van der Waals surface area contributed by atoms with Crippen molar-refractivity contribution in [3.63, 3.8) is 0 Å². The van der Waals surface area contributed by atoms with Crippen LogP contribution in [0.3, 0.4) is 0 Å². The lowest BCUT2D eigenvalue weighted by atomic mass is 10.1. The molecule has 2 aromatic carbocycles. The van der Waals surface area contributed by atoms with Crippen molar-refractivity contribution in [2.45, 2.75) is 18.7 Å². The van der Waals surface area contributed by atoms with E-state index in [4.69, 9.17) is 16.1 Å². The van der Waals surface area contributed by atoms with Crippen LogP contribution in [0.2, 0.25) is 5.02 Å². The van der Waals surface area contributed by atoms with Gasteiger partial charge in [-0.25, -0.2) is 4.39 Å². The van der Waals surface area contributed by atoms with Gasteiger partial charge >= 0.3 is 6.36 Å². The van der Waals surface area contributed by atoms with E-state index in [0.717, 1.165) is 12.1 Å². The lowest BCUT2D eigenvalue weighted by molar-refractivity contribution is -0.274. The standard InChI is InChI=1S/C19H12ClF4N3O3/c20-14-8-12(4-5-15(14)21)27-9-11(7-16(27)28)17-25-18(30-26-17)10-2-1-3-13(6-10)29-19(22,23)24/h1-6,8,11H,7,9H2/t11-/m0/s1. The first-order valence-electron chi connectivity index (χ1n) is 8.65. The van der Waals surface area contributed by atoms with Crippen LogP contribution in [0.5, 0.6) is 5.75 Å². The van der Waals surface area contributed by atoms with E-state index in [0.29, 0.717) is 5.69 Å². The van der Waals surface area contributed by atoms with E-state index in [1.807, 2.05) is 0 Å². The summed E-state index contributed by atoms with van der Waals surface area (Å²) in [5, 5.41) is 3.75. The van der Waals surface area contributed by atoms with E-state index in [1.54, 1.807) is 0 Å². The van der Waals surface area contributed by atoms with E-state index in [2.05, 4.69) is 14.9 Å². The summed E-state index contributed by atoms with van der Waals surface area (Å²) in [6.45, 7) is 0.219. The Morgan fingerprint density at radius 2 is 2.00 bits per heavy atom. The van der Waals surface area contributed by atoms with Crippen molar-refractivity contribution in [1.82, 2.24) is 10.1 Å². The van der Waals surface area contributed by atoms with Crippen LogP contribution in [0.4, 0.5) is 23.2 Å². The Labute approximate surface area is 172 Å². The molecule has 30 heavy (non-hydrogen) atoms. The molecule has 6 nitrogen and oxygen atoms in total. The van der Waals surface area contributed by atoms with Crippen LogP contribution in [0.15, 0.2) is 47.0 Å². The van der Waals surface area contributed by atoms with Crippen molar-refractivity contribution in [3.05, 3.63) is 59.1 Å². The molecule has 1 saturated heterocycles. The summed E-state index contributed by atoms with van der Waals surface area (Å²) >= 11 is 5.78. The number of carbonyl (C=O) groups excluding carboxylic acids is 1. The van der Waals surface area contributed by atoms with E-state index in [1.165, 1.54) is 35.2 Å². The van der Waals surface area contributed by atoms with Gasteiger partial charge in [0.05, 0.1) is 5.02 Å². The van der Waals surface area contributed by atoms with Gasteiger partial charge in [-0.3, -0.25) is 4.79 Å². The average Bonchev–Trinajstić information content (AvgIpc) is 3.30. The molecule has 1 aliphatic heterocycles. The van der Waals surface area contributed by atoms with Gasteiger partial charge in [-0.2, -0.15) is 4.98 Å². The second-order valence-electron chi connectivity index (χ2n) is 6.54. The van der Waals surface area contributed by atoms with Gasteiger partial charge < -0.3 is 14.2 Å². The van der Waals surface area contributed by atoms with Gasteiger partial charge in [0.1, 0.15) is 11.6 Å². The van der Waals surface area contributed by atoms with Gasteiger partial charge in [0.2, 0.25) is 5.91 Å². The number of aromatic nitrogens is 2. The lowest BCUT2D eigenvalue weighted by Gasteiger charge is -2.16. The molecule has 1 fully saturated rings. The Bertz CT molecular complexity index is 1100. The van der Waals surface area contributed by atoms with Crippen molar-refractivity contribution in [3.8, 4) is 17.2 Å². The summed E-state index contributed by atoms with van der Waals surface area (Å²) in [6, 6.07) is 9.08. The molecular formula is C19H12ClF4N3O3. The number of ether oxygens (including phenoxy) is 1. The molecule has 156 valence electrons. The molecule has 3 aromatic rings. The van der Waals surface area contributed by atoms with E-state index in [9.17, 15) is 22.4 Å². The number of amides is 1. The first kappa shape index (κ1) is 20.1. The Morgan fingerprint density at radius 3 is 2.73 bits per heavy atom. The van der Waals surface area contributed by atoms with Gasteiger partial charge in [-0.05, 0) is 36.4 Å². The van der Waals surface area contributed by atoms with Gasteiger partial charge in [0.15, 0.2) is 5.82 Å². The van der Waals surface area contributed by atoms with Crippen molar-refractivity contribution in [2.24, 2.45) is 0 Å². The maximum Gasteiger partial charge on any atom is 0.573 e. The first-order chi connectivity index (χ1) is 14.2. The topological polar surface area (TPSA) is 68.5 Å². The second kappa shape index (κ2) is 7.60. The number of alkyl halides is 3. The minimum Gasteiger partial charge on any atom is -0.406 e. The van der Waals surface area contributed by atoms with Crippen LogP contribution in [0.1, 0.15) is 18.2 Å². The van der Waals surface area contributed by atoms with Crippen LogP contribution in [-0.2, 0) is 4.79 Å². The Balaban J connectivity index is 1.53. The fourth-order valence-corrected chi connectivity index (χ4v) is 3.30. The van der Waals surface area contributed by atoms with E-state index in [-0.39, 0.29) is 41.2 Å². The van der Waals surface area contributed by atoms with Crippen LogP contribution >= 0.6 is 11.6 Å². The van der Waals surface area contributed by atoms with Crippen LogP contribution < -0.4 is 9.64 Å². The molecule has 4 rings (SSSR count). The summed E-state index contributed by atoms with van der Waals surface area (Å²) in [4.78, 5) is 18.0. The van der Waals surface area contributed by atoms with Gasteiger partial charge in [0, 0.05) is 30.1 Å². The Kier molecular flexibility index (Phi) is 5.10. The van der Waals surface area contributed by atoms with Crippen LogP contribution in [0.25, 0.3) is 11.5 Å². The van der Waals surface area contributed by atoms with Crippen LogP contribution in [0, 0.1) is 5.82 Å². The van der Waals surface area contributed by atoms with Gasteiger partial charge in [-0.15, -0.1) is 13.2 Å². The monoisotopic (exact) mass is 441 g/mol. The molecule has 1 amide bonds. The highest BCUT2D eigenvalue weighted by Gasteiger charge is 2.35. The van der Waals surface area contributed by atoms with E-state index < -0.39 is 23.8 Å². The number of hydrogen-bond acceptors (Lipinski definition) is 5. The highest BCUT2D eigenvalue weighted by molar-refractivity contribution is 6.31. The molecule has 11 heteroatoms. The third-order valence-electron chi connectivity index (χ3n) is 4.46. The lowest BCUT2D eigenvalue weighted by Crippen LogP contribution is -2.24. The summed E-state index contributed by atoms with van der Waals surface area (Å²) in [5.41, 5.74) is 0.677. The maximum atomic E-state index is 13.4. The predicted octanol–water partition coefficient (Wildman–Crippen LogP) is 4.95. The molecule has 0 spiro atoms. The van der Waals surface area contributed by atoms with Crippen molar-refractivity contribution >= 4 is 23.2 Å². The molecule has 0 aliphatic carbocycles. The Morgan fingerprint density at radius 1 is 1.20 bits per heavy atom. The molecule has 0 unspecified atom stereocenters. The Hall–Kier alpha value is -3.14. The number of anilines is 1. The molecule has 1 aliphatic rings. The number of nitrogens with zero attached hydrogens (tertiary/aromatic N) is 3. The quantitative estimate of drug-likeness (QED) is 0.536. The molecule has 2 heterocycles. The first-order valence-corrected chi connectivity index (χ1v) is 9.02. The molecule has 0 bridgehead atoms. The fourth-order valence-electron chi connectivity index (χ4n) is 3.13. The zero-order valence-corrected chi connectivity index (χ0v) is 15.7. The van der Waals surface area contributed by atoms with Gasteiger partial charge in [-0.1, -0.05) is 22.8 Å². The smallest absolute Gasteiger partial charge is 0.406 e. The summed E-state index contributed by atoms with van der Waals surface area (Å²) < 4.78 is 59.6. The summed E-state index contributed by atoms with van der Waals surface area (Å²) in [5.74, 6) is -1.43. The third kappa shape index (κ3) is 4.23. The number of rotatable bonds is 4. The van der Waals surface area contributed by atoms with Crippen LogP contribution in [-0.4, -0.2) is 29.0 Å². The summed E-state index contributed by atoms with van der Waals surface area (Å²) in [6.07, 6.45) is -4.74. The molecule has 1 atom stereocenters. The van der Waals surface area contributed by atoms with Gasteiger partial charge in [0.25, 0.3) is 5.89 Å². The highest BCUT2D eigenvalue weighted by atomic mass is 35.5. The normalized spacial score (nSPS) is 16.9. The highest BCUT2D eigenvalue weighted by Crippen LogP contribution is 2.34.